The van der Waals surface area contributed by atoms with Crippen LogP contribution in [0.4, 0.5) is 0 Å². The minimum atomic E-state index is 0.242. The standard InChI is InChI=1S/C15H17Cl/c16-15-11-9-14(10-12-15)8-4-7-13-5-2-1-3-6-13/h1-3,5-6,8-9,11,15H,4,7,10,12H2. The highest BCUT2D eigenvalue weighted by Gasteiger charge is 2.06. The van der Waals surface area contributed by atoms with E-state index in [2.05, 4.69) is 48.6 Å². The summed E-state index contributed by atoms with van der Waals surface area (Å²) in [6.45, 7) is 0. The van der Waals surface area contributed by atoms with Crippen molar-refractivity contribution in [3.05, 3.63) is 59.7 Å². The van der Waals surface area contributed by atoms with E-state index in [1.54, 1.807) is 0 Å². The van der Waals surface area contributed by atoms with Gasteiger partial charge in [0.05, 0.1) is 5.38 Å². The molecule has 0 saturated carbocycles. The summed E-state index contributed by atoms with van der Waals surface area (Å²) in [5.74, 6) is 0. The number of hydrogen-bond acceptors (Lipinski definition) is 0. The van der Waals surface area contributed by atoms with Gasteiger partial charge < -0.3 is 0 Å². The monoisotopic (exact) mass is 232 g/mol. The lowest BCUT2D eigenvalue weighted by atomic mass is 9.99. The number of allylic oxidation sites excluding steroid dienone is 4. The second-order valence-electron chi connectivity index (χ2n) is 4.22. The first-order valence-electron chi connectivity index (χ1n) is 5.90. The van der Waals surface area contributed by atoms with Crippen LogP contribution >= 0.6 is 11.6 Å². The SMILES string of the molecule is ClC1C=CC(=CCCc2ccccc2)CC1. The Morgan fingerprint density at radius 3 is 2.75 bits per heavy atom. The van der Waals surface area contributed by atoms with Gasteiger partial charge in [0.25, 0.3) is 0 Å². The van der Waals surface area contributed by atoms with Gasteiger partial charge >= 0.3 is 0 Å². The van der Waals surface area contributed by atoms with Gasteiger partial charge in [-0.05, 0) is 31.2 Å². The van der Waals surface area contributed by atoms with Crippen LogP contribution in [0.25, 0.3) is 0 Å². The lowest BCUT2D eigenvalue weighted by molar-refractivity contribution is 0.819. The molecule has 1 heteroatoms. The van der Waals surface area contributed by atoms with Crippen LogP contribution < -0.4 is 0 Å². The summed E-state index contributed by atoms with van der Waals surface area (Å²) in [4.78, 5) is 0. The van der Waals surface area contributed by atoms with Gasteiger partial charge in [0.1, 0.15) is 0 Å². The lowest BCUT2D eigenvalue weighted by Crippen LogP contribution is -2.00. The fourth-order valence-corrected chi connectivity index (χ4v) is 2.13. The largest absolute Gasteiger partial charge is 0.118 e. The van der Waals surface area contributed by atoms with Gasteiger partial charge in [0, 0.05) is 0 Å². The van der Waals surface area contributed by atoms with Gasteiger partial charge in [-0.2, -0.15) is 0 Å². The molecule has 0 radical (unpaired) electrons. The molecule has 1 aliphatic rings. The Bertz CT molecular complexity index is 376. The van der Waals surface area contributed by atoms with E-state index in [9.17, 15) is 0 Å². The Balaban J connectivity index is 1.84. The molecule has 1 aromatic rings. The summed E-state index contributed by atoms with van der Waals surface area (Å²) in [5.41, 5.74) is 2.85. The van der Waals surface area contributed by atoms with Crippen molar-refractivity contribution in [2.45, 2.75) is 31.1 Å². The van der Waals surface area contributed by atoms with Crippen LogP contribution in [0.3, 0.4) is 0 Å². The maximum absolute atomic E-state index is 6.00. The highest BCUT2D eigenvalue weighted by atomic mass is 35.5. The molecule has 0 spiro atoms. The fourth-order valence-electron chi connectivity index (χ4n) is 1.95. The Hall–Kier alpha value is -1.01. The van der Waals surface area contributed by atoms with Crippen LogP contribution in [-0.4, -0.2) is 5.38 Å². The topological polar surface area (TPSA) is 0 Å². The first kappa shape index (κ1) is 11.5. The molecular weight excluding hydrogens is 216 g/mol. The van der Waals surface area contributed by atoms with E-state index in [1.165, 1.54) is 11.1 Å². The molecule has 0 nitrogen and oxygen atoms in total. The van der Waals surface area contributed by atoms with Crippen LogP contribution in [0, 0.1) is 0 Å². The average Bonchev–Trinajstić information content (AvgIpc) is 2.33. The van der Waals surface area contributed by atoms with Crippen molar-refractivity contribution in [3.8, 4) is 0 Å². The number of hydrogen-bond donors (Lipinski definition) is 0. The molecule has 16 heavy (non-hydrogen) atoms. The third kappa shape index (κ3) is 3.53. The van der Waals surface area contributed by atoms with E-state index in [-0.39, 0.29) is 5.38 Å². The molecule has 0 fully saturated rings. The van der Waals surface area contributed by atoms with Crippen molar-refractivity contribution >= 4 is 11.6 Å². The van der Waals surface area contributed by atoms with E-state index in [0.29, 0.717) is 0 Å². The predicted octanol–water partition coefficient (Wildman–Crippen LogP) is 4.50. The van der Waals surface area contributed by atoms with E-state index >= 15 is 0 Å². The maximum atomic E-state index is 6.00. The molecule has 0 saturated heterocycles. The molecule has 2 rings (SSSR count). The Kier molecular flexibility index (Phi) is 4.24. The highest BCUT2D eigenvalue weighted by molar-refractivity contribution is 6.21. The molecule has 1 aliphatic carbocycles. The van der Waals surface area contributed by atoms with Crippen LogP contribution in [0.1, 0.15) is 24.8 Å². The first-order valence-corrected chi connectivity index (χ1v) is 6.33. The van der Waals surface area contributed by atoms with Crippen molar-refractivity contribution in [3.63, 3.8) is 0 Å². The number of aryl methyl sites for hydroxylation is 1. The maximum Gasteiger partial charge on any atom is 0.0522 e. The molecule has 0 aromatic heterocycles. The summed E-state index contributed by atoms with van der Waals surface area (Å²) in [6, 6.07) is 10.6. The molecule has 0 amide bonds. The zero-order chi connectivity index (χ0) is 11.2. The minimum absolute atomic E-state index is 0.242. The average molecular weight is 233 g/mol. The number of halogens is 1. The summed E-state index contributed by atoms with van der Waals surface area (Å²) in [7, 11) is 0. The summed E-state index contributed by atoms with van der Waals surface area (Å²) >= 11 is 6.00. The summed E-state index contributed by atoms with van der Waals surface area (Å²) in [5, 5.41) is 0.242. The zero-order valence-corrected chi connectivity index (χ0v) is 10.2. The Morgan fingerprint density at radius 2 is 2.06 bits per heavy atom. The van der Waals surface area contributed by atoms with Gasteiger partial charge in [-0.15, -0.1) is 11.6 Å². The number of alkyl halides is 1. The normalized spacial score (nSPS) is 22.6. The van der Waals surface area contributed by atoms with E-state index in [4.69, 9.17) is 11.6 Å². The van der Waals surface area contributed by atoms with Gasteiger partial charge in [-0.1, -0.05) is 54.1 Å². The molecule has 0 N–H and O–H groups in total. The third-order valence-electron chi connectivity index (χ3n) is 2.91. The predicted molar refractivity (Wildman–Crippen MR) is 70.9 cm³/mol. The van der Waals surface area contributed by atoms with Crippen LogP contribution in [0.5, 0.6) is 0 Å². The van der Waals surface area contributed by atoms with Gasteiger partial charge in [0.2, 0.25) is 0 Å². The quantitative estimate of drug-likeness (QED) is 0.673. The van der Waals surface area contributed by atoms with E-state index in [1.807, 2.05) is 0 Å². The van der Waals surface area contributed by atoms with Crippen molar-refractivity contribution in [1.82, 2.24) is 0 Å². The Morgan fingerprint density at radius 1 is 1.25 bits per heavy atom. The van der Waals surface area contributed by atoms with Crippen molar-refractivity contribution < 1.29 is 0 Å². The smallest absolute Gasteiger partial charge is 0.0522 e. The molecule has 0 aliphatic heterocycles. The fraction of sp³-hybridized carbons (Fsp3) is 0.333. The molecule has 0 bridgehead atoms. The van der Waals surface area contributed by atoms with Gasteiger partial charge in [-0.3, -0.25) is 0 Å². The summed E-state index contributed by atoms with van der Waals surface area (Å²) in [6.07, 6.45) is 11.1. The zero-order valence-electron chi connectivity index (χ0n) is 9.40. The van der Waals surface area contributed by atoms with E-state index < -0.39 is 0 Å². The van der Waals surface area contributed by atoms with Crippen LogP contribution in [-0.2, 0) is 6.42 Å². The van der Waals surface area contributed by atoms with Gasteiger partial charge in [0.15, 0.2) is 0 Å². The number of benzene rings is 1. The third-order valence-corrected chi connectivity index (χ3v) is 3.27. The lowest BCUT2D eigenvalue weighted by Gasteiger charge is -2.11. The van der Waals surface area contributed by atoms with E-state index in [0.717, 1.165) is 25.7 Å². The molecule has 1 unspecified atom stereocenters. The van der Waals surface area contributed by atoms with Crippen LogP contribution in [0.15, 0.2) is 54.1 Å². The van der Waals surface area contributed by atoms with Crippen LogP contribution in [0.2, 0.25) is 0 Å². The van der Waals surface area contributed by atoms with Crippen molar-refractivity contribution in [1.29, 1.82) is 0 Å². The molecule has 84 valence electrons. The second-order valence-corrected chi connectivity index (χ2v) is 4.78. The van der Waals surface area contributed by atoms with Crippen molar-refractivity contribution in [2.24, 2.45) is 0 Å². The molecular formula is C15H17Cl. The molecule has 1 aromatic carbocycles. The molecule has 0 heterocycles. The highest BCUT2D eigenvalue weighted by Crippen LogP contribution is 2.21. The van der Waals surface area contributed by atoms with Crippen molar-refractivity contribution in [2.75, 3.05) is 0 Å². The Labute approximate surface area is 103 Å². The number of rotatable bonds is 3. The minimum Gasteiger partial charge on any atom is -0.118 e. The summed E-state index contributed by atoms with van der Waals surface area (Å²) < 4.78 is 0. The second kappa shape index (κ2) is 5.91. The molecule has 1 atom stereocenters. The van der Waals surface area contributed by atoms with Gasteiger partial charge in [-0.25, -0.2) is 0 Å². The first-order chi connectivity index (χ1) is 7.84.